The van der Waals surface area contributed by atoms with Crippen LogP contribution in [0.3, 0.4) is 0 Å². The van der Waals surface area contributed by atoms with Gasteiger partial charge in [0, 0.05) is 38.8 Å². The average Bonchev–Trinajstić information content (AvgIpc) is 2.83. The molecule has 2 heterocycles. The molecule has 1 aliphatic rings. The number of nitrogens with zero attached hydrogens (tertiary/aromatic N) is 3. The number of hydrogen-bond donors (Lipinski definition) is 1. The van der Waals surface area contributed by atoms with Gasteiger partial charge in [-0.1, -0.05) is 30.3 Å². The third-order valence-electron chi connectivity index (χ3n) is 3.42. The van der Waals surface area contributed by atoms with Gasteiger partial charge in [0.15, 0.2) is 0 Å². The lowest BCUT2D eigenvalue weighted by Gasteiger charge is -2.29. The maximum absolute atomic E-state index is 4.42. The average molecular weight is 242 g/mol. The van der Waals surface area contributed by atoms with E-state index in [1.165, 1.54) is 16.9 Å². The maximum atomic E-state index is 4.42. The second-order valence-corrected chi connectivity index (χ2v) is 4.61. The minimum absolute atomic E-state index is 1.04. The molecular formula is C14H18N4. The van der Waals surface area contributed by atoms with Crippen molar-refractivity contribution in [1.82, 2.24) is 15.1 Å². The number of nitrogens with one attached hydrogen (secondary N) is 1. The standard InChI is InChI=1S/C14H18N4/c1-17-14(12-5-3-2-4-6-12)13(11-16-17)18-9-7-15-8-10-18/h2-6,11,15H,7-10H2,1H3. The Morgan fingerprint density at radius 3 is 2.56 bits per heavy atom. The summed E-state index contributed by atoms with van der Waals surface area (Å²) in [6, 6.07) is 10.5. The molecule has 0 saturated carbocycles. The Labute approximate surface area is 107 Å². The highest BCUT2D eigenvalue weighted by Crippen LogP contribution is 2.30. The van der Waals surface area contributed by atoms with E-state index in [1.54, 1.807) is 0 Å². The first-order valence-electron chi connectivity index (χ1n) is 6.39. The summed E-state index contributed by atoms with van der Waals surface area (Å²) in [4.78, 5) is 2.41. The van der Waals surface area contributed by atoms with Crippen LogP contribution >= 0.6 is 0 Å². The van der Waals surface area contributed by atoms with Gasteiger partial charge < -0.3 is 10.2 Å². The van der Waals surface area contributed by atoms with E-state index >= 15 is 0 Å². The molecular weight excluding hydrogens is 224 g/mol. The minimum atomic E-state index is 1.04. The Kier molecular flexibility index (Phi) is 3.02. The van der Waals surface area contributed by atoms with Gasteiger partial charge in [0.1, 0.15) is 0 Å². The van der Waals surface area contributed by atoms with Crippen LogP contribution in [0.15, 0.2) is 36.5 Å². The van der Waals surface area contributed by atoms with Gasteiger partial charge in [-0.25, -0.2) is 0 Å². The predicted molar refractivity (Wildman–Crippen MR) is 73.7 cm³/mol. The molecule has 1 fully saturated rings. The van der Waals surface area contributed by atoms with Crippen molar-refractivity contribution in [2.75, 3.05) is 31.1 Å². The lowest BCUT2D eigenvalue weighted by Crippen LogP contribution is -2.43. The molecule has 0 atom stereocenters. The van der Waals surface area contributed by atoms with Crippen molar-refractivity contribution in [3.05, 3.63) is 36.5 Å². The highest BCUT2D eigenvalue weighted by molar-refractivity contribution is 5.75. The molecule has 0 amide bonds. The summed E-state index contributed by atoms with van der Waals surface area (Å²) in [6.45, 7) is 4.18. The molecule has 0 aliphatic carbocycles. The Morgan fingerprint density at radius 2 is 1.83 bits per heavy atom. The highest BCUT2D eigenvalue weighted by Gasteiger charge is 2.18. The monoisotopic (exact) mass is 242 g/mol. The first-order valence-corrected chi connectivity index (χ1v) is 6.39. The fourth-order valence-corrected chi connectivity index (χ4v) is 2.49. The summed E-state index contributed by atoms with van der Waals surface area (Å²) in [6.07, 6.45) is 1.98. The normalized spacial score (nSPS) is 15.9. The maximum Gasteiger partial charge on any atom is 0.0912 e. The van der Waals surface area contributed by atoms with Gasteiger partial charge in [-0.2, -0.15) is 5.10 Å². The van der Waals surface area contributed by atoms with Crippen molar-refractivity contribution in [1.29, 1.82) is 0 Å². The predicted octanol–water partition coefficient (Wildman–Crippen LogP) is 1.50. The molecule has 1 aromatic carbocycles. The molecule has 0 spiro atoms. The third kappa shape index (κ3) is 1.99. The molecule has 0 bridgehead atoms. The van der Waals surface area contributed by atoms with E-state index in [0.717, 1.165) is 26.2 Å². The topological polar surface area (TPSA) is 33.1 Å². The molecule has 3 rings (SSSR count). The molecule has 94 valence electrons. The van der Waals surface area contributed by atoms with Crippen LogP contribution in [0.1, 0.15) is 0 Å². The number of piperazine rings is 1. The third-order valence-corrected chi connectivity index (χ3v) is 3.42. The fourth-order valence-electron chi connectivity index (χ4n) is 2.49. The molecule has 1 N–H and O–H groups in total. The first kappa shape index (κ1) is 11.3. The van der Waals surface area contributed by atoms with E-state index in [2.05, 4.69) is 39.6 Å². The summed E-state index contributed by atoms with van der Waals surface area (Å²) in [5, 5.41) is 7.80. The molecule has 1 aliphatic heterocycles. The van der Waals surface area contributed by atoms with E-state index in [0.29, 0.717) is 0 Å². The van der Waals surface area contributed by atoms with Crippen molar-refractivity contribution in [2.45, 2.75) is 0 Å². The second kappa shape index (κ2) is 4.82. The van der Waals surface area contributed by atoms with E-state index in [9.17, 15) is 0 Å². The number of anilines is 1. The van der Waals surface area contributed by atoms with Gasteiger partial charge in [0.05, 0.1) is 17.6 Å². The molecule has 0 radical (unpaired) electrons. The molecule has 18 heavy (non-hydrogen) atoms. The highest BCUT2D eigenvalue weighted by atomic mass is 15.3. The lowest BCUT2D eigenvalue weighted by molar-refractivity contribution is 0.589. The summed E-state index contributed by atoms with van der Waals surface area (Å²) >= 11 is 0. The zero-order valence-corrected chi connectivity index (χ0v) is 10.6. The van der Waals surface area contributed by atoms with Crippen molar-refractivity contribution in [3.8, 4) is 11.3 Å². The minimum Gasteiger partial charge on any atom is -0.366 e. The van der Waals surface area contributed by atoms with Crippen LogP contribution in [0, 0.1) is 0 Å². The van der Waals surface area contributed by atoms with Crippen LogP contribution in [0.4, 0.5) is 5.69 Å². The quantitative estimate of drug-likeness (QED) is 0.866. The molecule has 4 nitrogen and oxygen atoms in total. The van der Waals surface area contributed by atoms with Crippen LogP contribution < -0.4 is 10.2 Å². The summed E-state index contributed by atoms with van der Waals surface area (Å²) in [7, 11) is 2.01. The summed E-state index contributed by atoms with van der Waals surface area (Å²) in [5.74, 6) is 0. The van der Waals surface area contributed by atoms with Crippen molar-refractivity contribution in [3.63, 3.8) is 0 Å². The molecule has 1 saturated heterocycles. The van der Waals surface area contributed by atoms with Crippen molar-refractivity contribution < 1.29 is 0 Å². The van der Waals surface area contributed by atoms with Gasteiger partial charge in [-0.05, 0) is 0 Å². The number of aromatic nitrogens is 2. The van der Waals surface area contributed by atoms with Gasteiger partial charge in [-0.3, -0.25) is 4.68 Å². The van der Waals surface area contributed by atoms with Crippen LogP contribution in [-0.2, 0) is 7.05 Å². The zero-order chi connectivity index (χ0) is 12.4. The first-order chi connectivity index (χ1) is 8.86. The molecule has 4 heteroatoms. The van der Waals surface area contributed by atoms with E-state index < -0.39 is 0 Å². The van der Waals surface area contributed by atoms with Gasteiger partial charge >= 0.3 is 0 Å². The van der Waals surface area contributed by atoms with Gasteiger partial charge in [0.2, 0.25) is 0 Å². The van der Waals surface area contributed by atoms with Crippen LogP contribution in [0.2, 0.25) is 0 Å². The Bertz CT molecular complexity index is 512. The molecule has 0 unspecified atom stereocenters. The fraction of sp³-hybridized carbons (Fsp3) is 0.357. The summed E-state index contributed by atoms with van der Waals surface area (Å²) < 4.78 is 1.96. The van der Waals surface area contributed by atoms with Gasteiger partial charge in [0.25, 0.3) is 0 Å². The van der Waals surface area contributed by atoms with Gasteiger partial charge in [-0.15, -0.1) is 0 Å². The number of aryl methyl sites for hydroxylation is 1. The Balaban J connectivity index is 2.01. The van der Waals surface area contributed by atoms with Crippen molar-refractivity contribution in [2.24, 2.45) is 7.05 Å². The second-order valence-electron chi connectivity index (χ2n) is 4.61. The van der Waals surface area contributed by atoms with Crippen LogP contribution in [0.25, 0.3) is 11.3 Å². The SMILES string of the molecule is Cn1ncc(N2CCNCC2)c1-c1ccccc1. The largest absolute Gasteiger partial charge is 0.366 e. The number of rotatable bonds is 2. The Morgan fingerprint density at radius 1 is 1.11 bits per heavy atom. The smallest absolute Gasteiger partial charge is 0.0912 e. The lowest BCUT2D eigenvalue weighted by atomic mass is 10.1. The number of hydrogen-bond acceptors (Lipinski definition) is 3. The van der Waals surface area contributed by atoms with Crippen molar-refractivity contribution >= 4 is 5.69 Å². The van der Waals surface area contributed by atoms with E-state index in [-0.39, 0.29) is 0 Å². The zero-order valence-electron chi connectivity index (χ0n) is 10.6. The number of benzene rings is 1. The molecule has 2 aromatic rings. The van der Waals surface area contributed by atoms with Crippen LogP contribution in [-0.4, -0.2) is 36.0 Å². The Hall–Kier alpha value is -1.81. The van der Waals surface area contributed by atoms with E-state index in [4.69, 9.17) is 0 Å². The van der Waals surface area contributed by atoms with Crippen LogP contribution in [0.5, 0.6) is 0 Å². The molecule has 1 aromatic heterocycles. The van der Waals surface area contributed by atoms with E-state index in [1.807, 2.05) is 24.0 Å². The summed E-state index contributed by atoms with van der Waals surface area (Å²) in [5.41, 5.74) is 3.67.